The molecule has 2 aliphatic rings. The summed E-state index contributed by atoms with van der Waals surface area (Å²) in [4.78, 5) is 13.6. The van der Waals surface area contributed by atoms with E-state index in [0.717, 1.165) is 51.0 Å². The minimum atomic E-state index is 0.216. The van der Waals surface area contributed by atoms with E-state index in [1.54, 1.807) is 0 Å². The van der Waals surface area contributed by atoms with Gasteiger partial charge in [-0.2, -0.15) is 0 Å². The number of anilines is 1. The molecule has 22 heavy (non-hydrogen) atoms. The van der Waals surface area contributed by atoms with Crippen LogP contribution in [0.4, 0.5) is 5.95 Å². The summed E-state index contributed by atoms with van der Waals surface area (Å²) < 4.78 is 11.3. The van der Waals surface area contributed by atoms with Crippen LogP contribution in [0.3, 0.4) is 0 Å². The Morgan fingerprint density at radius 2 is 2.14 bits per heavy atom. The molecule has 1 aromatic heterocycles. The van der Waals surface area contributed by atoms with Crippen molar-refractivity contribution in [2.24, 2.45) is 0 Å². The highest BCUT2D eigenvalue weighted by molar-refractivity contribution is 5.30. The molecular weight excluding hydrogens is 280 g/mol. The summed E-state index contributed by atoms with van der Waals surface area (Å²) in [5, 5.41) is 0. The number of likely N-dealkylation sites (tertiary alicyclic amines) is 1. The number of piperidine rings is 1. The van der Waals surface area contributed by atoms with Crippen molar-refractivity contribution < 1.29 is 9.47 Å². The van der Waals surface area contributed by atoms with Crippen LogP contribution in [0.5, 0.6) is 0 Å². The van der Waals surface area contributed by atoms with E-state index in [0.29, 0.717) is 6.04 Å². The van der Waals surface area contributed by atoms with Crippen molar-refractivity contribution in [1.82, 2.24) is 14.9 Å². The van der Waals surface area contributed by atoms with Crippen molar-refractivity contribution in [2.75, 3.05) is 51.4 Å². The molecule has 0 saturated carbocycles. The summed E-state index contributed by atoms with van der Waals surface area (Å²) in [5.74, 6) is 0.815. The molecule has 3 heterocycles. The molecule has 0 aliphatic carbocycles. The Hall–Kier alpha value is -1.24. The van der Waals surface area contributed by atoms with Crippen LogP contribution in [0, 0.1) is 6.92 Å². The van der Waals surface area contributed by atoms with E-state index in [1.165, 1.54) is 12.8 Å². The summed E-state index contributed by atoms with van der Waals surface area (Å²) in [6, 6.07) is 0.459. The van der Waals surface area contributed by atoms with Gasteiger partial charge in [0.25, 0.3) is 0 Å². The van der Waals surface area contributed by atoms with Gasteiger partial charge in [-0.15, -0.1) is 0 Å². The molecule has 2 aliphatic heterocycles. The molecule has 0 amide bonds. The molecule has 1 aromatic rings. The van der Waals surface area contributed by atoms with Crippen LogP contribution in [0.1, 0.15) is 18.4 Å². The Labute approximate surface area is 132 Å². The Balaban J connectivity index is 1.56. The summed E-state index contributed by atoms with van der Waals surface area (Å²) in [6.45, 7) is 7.31. The van der Waals surface area contributed by atoms with E-state index in [1.807, 2.05) is 19.3 Å². The van der Waals surface area contributed by atoms with Gasteiger partial charge in [-0.1, -0.05) is 0 Å². The van der Waals surface area contributed by atoms with Gasteiger partial charge in [-0.25, -0.2) is 9.97 Å². The van der Waals surface area contributed by atoms with Crippen LogP contribution in [-0.2, 0) is 9.47 Å². The van der Waals surface area contributed by atoms with Crippen LogP contribution < -0.4 is 4.90 Å². The van der Waals surface area contributed by atoms with Gasteiger partial charge in [-0.3, -0.25) is 4.90 Å². The van der Waals surface area contributed by atoms with Crippen molar-refractivity contribution in [3.05, 3.63) is 18.0 Å². The van der Waals surface area contributed by atoms with Crippen LogP contribution >= 0.6 is 0 Å². The maximum absolute atomic E-state index is 5.77. The predicted octanol–water partition coefficient (Wildman–Crippen LogP) is 1.10. The number of nitrogens with zero attached hydrogens (tertiary/aromatic N) is 4. The Kier molecular flexibility index (Phi) is 5.23. The first-order chi connectivity index (χ1) is 10.7. The Bertz CT molecular complexity index is 462. The molecule has 2 unspecified atom stereocenters. The van der Waals surface area contributed by atoms with E-state index >= 15 is 0 Å². The van der Waals surface area contributed by atoms with Crippen molar-refractivity contribution in [3.63, 3.8) is 0 Å². The average molecular weight is 306 g/mol. The zero-order chi connectivity index (χ0) is 15.4. The quantitative estimate of drug-likeness (QED) is 0.830. The molecule has 0 N–H and O–H groups in total. The van der Waals surface area contributed by atoms with Crippen molar-refractivity contribution >= 4 is 5.95 Å². The van der Waals surface area contributed by atoms with Crippen LogP contribution in [0.2, 0.25) is 0 Å². The van der Waals surface area contributed by atoms with Crippen LogP contribution in [-0.4, -0.2) is 73.5 Å². The standard InChI is InChI=1S/C16H26N4O2/c1-13-8-17-16(18-9-13)19(2)14-4-3-5-20(10-14)11-15-12-21-6-7-22-15/h8-9,14-15H,3-7,10-12H2,1-2H3. The van der Waals surface area contributed by atoms with Crippen molar-refractivity contribution in [3.8, 4) is 0 Å². The maximum Gasteiger partial charge on any atom is 0.225 e. The zero-order valence-electron chi connectivity index (χ0n) is 13.6. The smallest absolute Gasteiger partial charge is 0.225 e. The minimum Gasteiger partial charge on any atom is -0.376 e. The van der Waals surface area contributed by atoms with Gasteiger partial charge in [0.1, 0.15) is 0 Å². The highest BCUT2D eigenvalue weighted by Crippen LogP contribution is 2.19. The lowest BCUT2D eigenvalue weighted by Gasteiger charge is -2.39. The van der Waals surface area contributed by atoms with E-state index in [2.05, 4.69) is 26.8 Å². The number of hydrogen-bond acceptors (Lipinski definition) is 6. The number of hydrogen-bond donors (Lipinski definition) is 0. The number of ether oxygens (including phenoxy) is 2. The first kappa shape index (κ1) is 15.6. The van der Waals surface area contributed by atoms with E-state index in [4.69, 9.17) is 9.47 Å². The third-order valence-electron chi connectivity index (χ3n) is 4.46. The molecule has 6 nitrogen and oxygen atoms in total. The first-order valence-electron chi connectivity index (χ1n) is 8.15. The fourth-order valence-corrected chi connectivity index (χ4v) is 3.17. The van der Waals surface area contributed by atoms with E-state index in [-0.39, 0.29) is 6.10 Å². The highest BCUT2D eigenvalue weighted by atomic mass is 16.6. The lowest BCUT2D eigenvalue weighted by molar-refractivity contribution is -0.0989. The monoisotopic (exact) mass is 306 g/mol. The molecule has 0 aromatic carbocycles. The summed E-state index contributed by atoms with van der Waals surface area (Å²) in [5.41, 5.74) is 1.09. The largest absolute Gasteiger partial charge is 0.376 e. The molecule has 2 atom stereocenters. The average Bonchev–Trinajstić information content (AvgIpc) is 2.56. The van der Waals surface area contributed by atoms with Crippen LogP contribution in [0.15, 0.2) is 12.4 Å². The Morgan fingerprint density at radius 3 is 2.86 bits per heavy atom. The summed E-state index contributed by atoms with van der Waals surface area (Å²) >= 11 is 0. The second kappa shape index (κ2) is 7.35. The minimum absolute atomic E-state index is 0.216. The van der Waals surface area contributed by atoms with Gasteiger partial charge in [0, 0.05) is 38.6 Å². The second-order valence-corrected chi connectivity index (χ2v) is 6.29. The number of aryl methyl sites for hydroxylation is 1. The fourth-order valence-electron chi connectivity index (χ4n) is 3.17. The van der Waals surface area contributed by atoms with Crippen LogP contribution in [0.25, 0.3) is 0 Å². The van der Waals surface area contributed by atoms with Crippen molar-refractivity contribution in [2.45, 2.75) is 31.9 Å². The fraction of sp³-hybridized carbons (Fsp3) is 0.750. The summed E-state index contributed by atoms with van der Waals surface area (Å²) in [7, 11) is 2.10. The third-order valence-corrected chi connectivity index (χ3v) is 4.46. The highest BCUT2D eigenvalue weighted by Gasteiger charge is 2.27. The second-order valence-electron chi connectivity index (χ2n) is 6.29. The molecule has 3 rings (SSSR count). The van der Waals surface area contributed by atoms with E-state index < -0.39 is 0 Å². The van der Waals surface area contributed by atoms with Gasteiger partial charge in [-0.05, 0) is 31.9 Å². The molecule has 2 saturated heterocycles. The predicted molar refractivity (Wildman–Crippen MR) is 85.2 cm³/mol. The van der Waals surface area contributed by atoms with Gasteiger partial charge in [0.2, 0.25) is 5.95 Å². The molecule has 0 radical (unpaired) electrons. The van der Waals surface area contributed by atoms with Crippen molar-refractivity contribution in [1.29, 1.82) is 0 Å². The Morgan fingerprint density at radius 1 is 1.32 bits per heavy atom. The normalized spacial score (nSPS) is 26.8. The van der Waals surface area contributed by atoms with E-state index in [9.17, 15) is 0 Å². The molecular formula is C16H26N4O2. The maximum atomic E-state index is 5.77. The van der Waals surface area contributed by atoms with Gasteiger partial charge >= 0.3 is 0 Å². The number of rotatable bonds is 4. The molecule has 6 heteroatoms. The molecule has 0 spiro atoms. The third kappa shape index (κ3) is 3.94. The summed E-state index contributed by atoms with van der Waals surface area (Å²) in [6.07, 6.45) is 6.37. The topological polar surface area (TPSA) is 50.7 Å². The van der Waals surface area contributed by atoms with Gasteiger partial charge in [0.15, 0.2) is 0 Å². The molecule has 0 bridgehead atoms. The molecule has 122 valence electrons. The lowest BCUT2D eigenvalue weighted by Crippen LogP contribution is -2.50. The lowest BCUT2D eigenvalue weighted by atomic mass is 10.0. The molecule has 2 fully saturated rings. The number of likely N-dealkylation sites (N-methyl/N-ethyl adjacent to an activating group) is 1. The number of aromatic nitrogens is 2. The first-order valence-corrected chi connectivity index (χ1v) is 8.15. The zero-order valence-corrected chi connectivity index (χ0v) is 13.6. The van der Waals surface area contributed by atoms with Gasteiger partial charge in [0.05, 0.1) is 25.9 Å². The van der Waals surface area contributed by atoms with Gasteiger partial charge < -0.3 is 14.4 Å². The SMILES string of the molecule is Cc1cnc(N(C)C2CCCN(CC3COCCO3)C2)nc1.